The standard InChI is InChI=1S/C9H10O4.Na/c1-12-7-4-2-3-5-8(7)13-6-9(10)11;/h2-5H,6H2,1H3,(H,10,11);. The fraction of sp³-hybridized carbons (Fsp3) is 0.222. The molecule has 0 aliphatic rings. The number of carbonyl (C=O) groups is 1. The van der Waals surface area contributed by atoms with Gasteiger partial charge < -0.3 is 14.6 Å². The number of hydrogen-bond acceptors (Lipinski definition) is 3. The molecule has 14 heavy (non-hydrogen) atoms. The first-order valence-electron chi connectivity index (χ1n) is 3.71. The zero-order valence-electron chi connectivity index (χ0n) is 8.19. The predicted molar refractivity (Wildman–Crippen MR) is 51.9 cm³/mol. The third kappa shape index (κ3) is 4.00. The summed E-state index contributed by atoms with van der Waals surface area (Å²) in [6.45, 7) is -0.361. The van der Waals surface area contributed by atoms with E-state index in [2.05, 4.69) is 0 Å². The third-order valence-corrected chi connectivity index (χ3v) is 1.42. The molecule has 0 aromatic heterocycles. The molecule has 0 atom stereocenters. The minimum absolute atomic E-state index is 0. The fourth-order valence-corrected chi connectivity index (χ4v) is 0.878. The van der Waals surface area contributed by atoms with Crippen LogP contribution in [0.3, 0.4) is 0 Å². The molecule has 5 heteroatoms. The average molecular weight is 205 g/mol. The van der Waals surface area contributed by atoms with Crippen molar-refractivity contribution in [3.63, 3.8) is 0 Å². The second-order valence-corrected chi connectivity index (χ2v) is 2.33. The zero-order chi connectivity index (χ0) is 9.68. The number of aliphatic carboxylic acids is 1. The van der Waals surface area contributed by atoms with Crippen LogP contribution < -0.4 is 9.47 Å². The van der Waals surface area contributed by atoms with Gasteiger partial charge in [-0.2, -0.15) is 0 Å². The molecule has 0 aliphatic carbocycles. The van der Waals surface area contributed by atoms with E-state index < -0.39 is 5.97 Å². The first kappa shape index (κ1) is 13.3. The molecule has 1 aromatic carbocycles. The third-order valence-electron chi connectivity index (χ3n) is 1.42. The van der Waals surface area contributed by atoms with E-state index >= 15 is 0 Å². The summed E-state index contributed by atoms with van der Waals surface area (Å²) in [5.41, 5.74) is 0. The zero-order valence-corrected chi connectivity index (χ0v) is 10.2. The predicted octanol–water partition coefficient (Wildman–Crippen LogP) is 0.778. The second kappa shape index (κ2) is 6.70. The minimum atomic E-state index is -1.01. The van der Waals surface area contributed by atoms with Crippen LogP contribution in [0.25, 0.3) is 0 Å². The van der Waals surface area contributed by atoms with Crippen molar-refractivity contribution >= 4 is 35.5 Å². The Labute approximate surface area is 104 Å². The Morgan fingerprint density at radius 3 is 2.43 bits per heavy atom. The van der Waals surface area contributed by atoms with Gasteiger partial charge in [-0.05, 0) is 12.1 Å². The molecule has 1 radical (unpaired) electrons. The van der Waals surface area contributed by atoms with E-state index in [1.54, 1.807) is 24.3 Å². The topological polar surface area (TPSA) is 55.8 Å². The molecule has 4 nitrogen and oxygen atoms in total. The molecular weight excluding hydrogens is 195 g/mol. The molecule has 0 bridgehead atoms. The van der Waals surface area contributed by atoms with E-state index in [0.717, 1.165) is 0 Å². The Hall–Kier alpha value is -0.710. The molecule has 0 amide bonds. The maximum absolute atomic E-state index is 10.2. The van der Waals surface area contributed by atoms with Crippen LogP contribution in [0, 0.1) is 0 Å². The van der Waals surface area contributed by atoms with Crippen LogP contribution in [0.15, 0.2) is 24.3 Å². The Bertz CT molecular complexity index is 301. The van der Waals surface area contributed by atoms with Crippen molar-refractivity contribution in [3.8, 4) is 11.5 Å². The minimum Gasteiger partial charge on any atom is -0.493 e. The number of carboxylic acids is 1. The van der Waals surface area contributed by atoms with Crippen molar-refractivity contribution in [3.05, 3.63) is 24.3 Å². The van der Waals surface area contributed by atoms with Crippen molar-refractivity contribution in [2.45, 2.75) is 0 Å². The summed E-state index contributed by atoms with van der Waals surface area (Å²) in [6.07, 6.45) is 0. The number of benzene rings is 1. The van der Waals surface area contributed by atoms with Gasteiger partial charge in [0.2, 0.25) is 0 Å². The first-order chi connectivity index (χ1) is 6.24. The number of rotatable bonds is 4. The van der Waals surface area contributed by atoms with Gasteiger partial charge >= 0.3 is 5.97 Å². The summed E-state index contributed by atoms with van der Waals surface area (Å²) in [5, 5.41) is 8.37. The molecular formula is C9H10NaO4. The van der Waals surface area contributed by atoms with Gasteiger partial charge in [-0.3, -0.25) is 0 Å². The van der Waals surface area contributed by atoms with E-state index in [1.165, 1.54) is 7.11 Å². The number of methoxy groups -OCH3 is 1. The Balaban J connectivity index is 0.00000169. The smallest absolute Gasteiger partial charge is 0.341 e. The van der Waals surface area contributed by atoms with Crippen molar-refractivity contribution in [1.29, 1.82) is 0 Å². The van der Waals surface area contributed by atoms with Crippen molar-refractivity contribution in [1.82, 2.24) is 0 Å². The van der Waals surface area contributed by atoms with Gasteiger partial charge in [0.15, 0.2) is 18.1 Å². The van der Waals surface area contributed by atoms with Gasteiger partial charge in [0.1, 0.15) is 0 Å². The molecule has 0 heterocycles. The summed E-state index contributed by atoms with van der Waals surface area (Å²) in [6, 6.07) is 6.89. The number of carboxylic acid groups (broad SMARTS) is 1. The molecule has 0 fully saturated rings. The number of para-hydroxylation sites is 2. The van der Waals surface area contributed by atoms with Gasteiger partial charge in [0.25, 0.3) is 0 Å². The maximum atomic E-state index is 10.2. The first-order valence-corrected chi connectivity index (χ1v) is 3.71. The van der Waals surface area contributed by atoms with E-state index in [4.69, 9.17) is 14.6 Å². The maximum Gasteiger partial charge on any atom is 0.341 e. The fourth-order valence-electron chi connectivity index (χ4n) is 0.878. The van der Waals surface area contributed by atoms with Crippen LogP contribution in [0.1, 0.15) is 0 Å². The van der Waals surface area contributed by atoms with Crippen LogP contribution in [0.4, 0.5) is 0 Å². The Morgan fingerprint density at radius 1 is 1.36 bits per heavy atom. The van der Waals surface area contributed by atoms with Gasteiger partial charge in [-0.15, -0.1) is 0 Å². The number of ether oxygens (including phenoxy) is 2. The molecule has 1 rings (SSSR count). The summed E-state index contributed by atoms with van der Waals surface area (Å²) in [4.78, 5) is 10.2. The average Bonchev–Trinajstić information content (AvgIpc) is 2.15. The Morgan fingerprint density at radius 2 is 1.93 bits per heavy atom. The Kier molecular flexibility index (Phi) is 6.36. The second-order valence-electron chi connectivity index (χ2n) is 2.33. The van der Waals surface area contributed by atoms with E-state index in [1.807, 2.05) is 0 Å². The summed E-state index contributed by atoms with van der Waals surface area (Å²) in [7, 11) is 1.50. The normalized spacial score (nSPS) is 8.64. The van der Waals surface area contributed by atoms with Gasteiger partial charge in [-0.25, -0.2) is 4.79 Å². The van der Waals surface area contributed by atoms with Crippen LogP contribution in [0.2, 0.25) is 0 Å². The summed E-state index contributed by atoms with van der Waals surface area (Å²) < 4.78 is 9.92. The van der Waals surface area contributed by atoms with Gasteiger partial charge in [-0.1, -0.05) is 12.1 Å². The van der Waals surface area contributed by atoms with Crippen LogP contribution >= 0.6 is 0 Å². The van der Waals surface area contributed by atoms with Crippen LogP contribution in [-0.4, -0.2) is 54.3 Å². The molecule has 71 valence electrons. The van der Waals surface area contributed by atoms with E-state index in [0.29, 0.717) is 11.5 Å². The van der Waals surface area contributed by atoms with Gasteiger partial charge in [0, 0.05) is 29.6 Å². The largest absolute Gasteiger partial charge is 0.493 e. The quantitative estimate of drug-likeness (QED) is 0.738. The number of hydrogen-bond donors (Lipinski definition) is 1. The van der Waals surface area contributed by atoms with Crippen molar-refractivity contribution in [2.75, 3.05) is 13.7 Å². The van der Waals surface area contributed by atoms with Crippen molar-refractivity contribution in [2.24, 2.45) is 0 Å². The van der Waals surface area contributed by atoms with E-state index in [9.17, 15) is 4.79 Å². The van der Waals surface area contributed by atoms with Crippen molar-refractivity contribution < 1.29 is 19.4 Å². The molecule has 1 N–H and O–H groups in total. The van der Waals surface area contributed by atoms with E-state index in [-0.39, 0.29) is 36.2 Å². The summed E-state index contributed by atoms with van der Waals surface area (Å²) >= 11 is 0. The van der Waals surface area contributed by atoms with Crippen LogP contribution in [0.5, 0.6) is 11.5 Å². The molecule has 0 unspecified atom stereocenters. The molecule has 0 saturated heterocycles. The molecule has 0 aliphatic heterocycles. The monoisotopic (exact) mass is 205 g/mol. The molecule has 0 saturated carbocycles. The van der Waals surface area contributed by atoms with Crippen LogP contribution in [-0.2, 0) is 4.79 Å². The SMILES string of the molecule is COc1ccccc1OCC(=O)O.[Na]. The van der Waals surface area contributed by atoms with Gasteiger partial charge in [0.05, 0.1) is 7.11 Å². The molecule has 1 aromatic rings. The molecule has 0 spiro atoms. The summed E-state index contributed by atoms with van der Waals surface area (Å²) in [5.74, 6) is -0.0398.